The third-order valence-corrected chi connectivity index (χ3v) is 4.25. The second kappa shape index (κ2) is 7.07. The summed E-state index contributed by atoms with van der Waals surface area (Å²) in [6, 6.07) is 10.9. The van der Waals surface area contributed by atoms with E-state index in [1.54, 1.807) is 30.4 Å². The highest BCUT2D eigenvalue weighted by Crippen LogP contribution is 2.32. The summed E-state index contributed by atoms with van der Waals surface area (Å²) in [6.45, 7) is 0.236. The van der Waals surface area contributed by atoms with Gasteiger partial charge in [-0.05, 0) is 47.9 Å². The minimum atomic E-state index is 0.0126. The van der Waals surface area contributed by atoms with E-state index >= 15 is 0 Å². The van der Waals surface area contributed by atoms with Crippen LogP contribution in [-0.4, -0.2) is 12.6 Å². The summed E-state index contributed by atoms with van der Waals surface area (Å²) in [5.41, 5.74) is 1.69. The van der Waals surface area contributed by atoms with E-state index in [4.69, 9.17) is 32.7 Å². The highest BCUT2D eigenvalue weighted by atomic mass is 35.5. The average Bonchev–Trinajstić information content (AvgIpc) is 3.00. The van der Waals surface area contributed by atoms with Crippen LogP contribution in [-0.2, 0) is 11.2 Å². The van der Waals surface area contributed by atoms with Crippen LogP contribution in [0.25, 0.3) is 6.08 Å². The lowest BCUT2D eigenvalue weighted by molar-refractivity contribution is -0.114. The smallest absolute Gasteiger partial charge is 0.231 e. The van der Waals surface area contributed by atoms with Crippen LogP contribution >= 0.6 is 23.2 Å². The fourth-order valence-corrected chi connectivity index (χ4v) is 2.90. The molecule has 1 heterocycles. The topological polar surface area (TPSA) is 35.5 Å². The maximum absolute atomic E-state index is 12.0. The van der Waals surface area contributed by atoms with Gasteiger partial charge in [-0.2, -0.15) is 0 Å². The molecule has 0 N–H and O–H groups in total. The summed E-state index contributed by atoms with van der Waals surface area (Å²) in [7, 11) is 0. The van der Waals surface area contributed by atoms with Crippen LogP contribution in [0.5, 0.6) is 11.5 Å². The minimum absolute atomic E-state index is 0.0126. The SMILES string of the molecule is O=C(/C=C/c1ccc2c(c1)OCO2)CCc1c(Cl)cccc1Cl. The molecule has 0 atom stereocenters. The summed E-state index contributed by atoms with van der Waals surface area (Å²) in [6.07, 6.45) is 4.19. The van der Waals surface area contributed by atoms with Crippen molar-refractivity contribution in [2.45, 2.75) is 12.8 Å². The lowest BCUT2D eigenvalue weighted by atomic mass is 10.1. The van der Waals surface area contributed by atoms with Gasteiger partial charge >= 0.3 is 0 Å². The van der Waals surface area contributed by atoms with Gasteiger partial charge in [0.1, 0.15) is 0 Å². The van der Waals surface area contributed by atoms with E-state index in [1.165, 1.54) is 0 Å². The molecule has 0 spiro atoms. The van der Waals surface area contributed by atoms with Crippen molar-refractivity contribution >= 4 is 35.1 Å². The van der Waals surface area contributed by atoms with Crippen LogP contribution in [0.1, 0.15) is 17.5 Å². The van der Waals surface area contributed by atoms with Crippen molar-refractivity contribution in [2.75, 3.05) is 6.79 Å². The molecule has 0 aromatic heterocycles. The molecule has 2 aromatic rings. The Morgan fingerprint density at radius 3 is 2.61 bits per heavy atom. The summed E-state index contributed by atoms with van der Waals surface area (Å²) in [4.78, 5) is 12.0. The van der Waals surface area contributed by atoms with E-state index in [0.29, 0.717) is 28.6 Å². The van der Waals surface area contributed by atoms with Crippen molar-refractivity contribution in [1.82, 2.24) is 0 Å². The molecule has 0 saturated carbocycles. The van der Waals surface area contributed by atoms with Crippen LogP contribution in [0.4, 0.5) is 0 Å². The average molecular weight is 349 g/mol. The number of halogens is 2. The van der Waals surface area contributed by atoms with Gasteiger partial charge in [0.05, 0.1) is 0 Å². The van der Waals surface area contributed by atoms with Crippen LogP contribution in [0.2, 0.25) is 10.0 Å². The van der Waals surface area contributed by atoms with Crippen molar-refractivity contribution in [2.24, 2.45) is 0 Å². The molecule has 0 fully saturated rings. The molecule has 0 saturated heterocycles. The van der Waals surface area contributed by atoms with E-state index in [9.17, 15) is 4.79 Å². The number of hydrogen-bond donors (Lipinski definition) is 0. The van der Waals surface area contributed by atoms with Crippen molar-refractivity contribution < 1.29 is 14.3 Å². The van der Waals surface area contributed by atoms with Gasteiger partial charge < -0.3 is 9.47 Å². The Kier molecular flexibility index (Phi) is 4.89. The molecule has 2 aromatic carbocycles. The van der Waals surface area contributed by atoms with Gasteiger partial charge in [-0.1, -0.05) is 41.4 Å². The summed E-state index contributed by atoms with van der Waals surface area (Å²) >= 11 is 12.2. The molecule has 1 aliphatic heterocycles. The molecule has 0 amide bonds. The number of rotatable bonds is 5. The number of ether oxygens (including phenoxy) is 2. The number of hydrogen-bond acceptors (Lipinski definition) is 3. The van der Waals surface area contributed by atoms with Crippen molar-refractivity contribution in [3.63, 3.8) is 0 Å². The monoisotopic (exact) mass is 348 g/mol. The second-order valence-electron chi connectivity index (χ2n) is 5.11. The van der Waals surface area contributed by atoms with Crippen molar-refractivity contribution in [3.8, 4) is 11.5 Å². The number of carbonyl (C=O) groups is 1. The summed E-state index contributed by atoms with van der Waals surface area (Å²) in [5.74, 6) is 1.43. The number of ketones is 1. The Morgan fingerprint density at radius 2 is 1.83 bits per heavy atom. The van der Waals surface area contributed by atoms with Crippen LogP contribution in [0.3, 0.4) is 0 Å². The maximum atomic E-state index is 12.0. The lowest BCUT2D eigenvalue weighted by Crippen LogP contribution is -1.97. The molecule has 3 rings (SSSR count). The number of allylic oxidation sites excluding steroid dienone is 1. The zero-order chi connectivity index (χ0) is 16.2. The Balaban J connectivity index is 1.61. The Morgan fingerprint density at radius 1 is 1.09 bits per heavy atom. The molecule has 23 heavy (non-hydrogen) atoms. The van der Waals surface area contributed by atoms with Crippen LogP contribution in [0, 0.1) is 0 Å². The van der Waals surface area contributed by atoms with Crippen LogP contribution in [0.15, 0.2) is 42.5 Å². The van der Waals surface area contributed by atoms with Crippen LogP contribution < -0.4 is 9.47 Å². The van der Waals surface area contributed by atoms with E-state index < -0.39 is 0 Å². The first-order chi connectivity index (χ1) is 11.1. The maximum Gasteiger partial charge on any atom is 0.231 e. The molecular weight excluding hydrogens is 335 g/mol. The fraction of sp³-hybridized carbons (Fsp3) is 0.167. The van der Waals surface area contributed by atoms with Crippen molar-refractivity contribution in [1.29, 1.82) is 0 Å². The normalized spacial score (nSPS) is 12.8. The van der Waals surface area contributed by atoms with Gasteiger partial charge in [0, 0.05) is 16.5 Å². The summed E-state index contributed by atoms with van der Waals surface area (Å²) < 4.78 is 10.6. The molecule has 3 nitrogen and oxygen atoms in total. The van der Waals surface area contributed by atoms with Gasteiger partial charge in [0.25, 0.3) is 0 Å². The summed E-state index contributed by atoms with van der Waals surface area (Å²) in [5, 5.41) is 1.18. The molecule has 1 aliphatic rings. The Bertz CT molecular complexity index is 749. The lowest BCUT2D eigenvalue weighted by Gasteiger charge is -2.05. The molecule has 0 aliphatic carbocycles. The number of carbonyl (C=O) groups excluding carboxylic acids is 1. The van der Waals surface area contributed by atoms with E-state index in [2.05, 4.69) is 0 Å². The Labute approximate surface area is 144 Å². The zero-order valence-corrected chi connectivity index (χ0v) is 13.7. The molecule has 0 bridgehead atoms. The molecule has 0 unspecified atom stereocenters. The predicted molar refractivity (Wildman–Crippen MR) is 91.4 cm³/mol. The Hall–Kier alpha value is -1.97. The van der Waals surface area contributed by atoms with Gasteiger partial charge in [-0.25, -0.2) is 0 Å². The van der Waals surface area contributed by atoms with E-state index in [0.717, 1.165) is 16.9 Å². The highest BCUT2D eigenvalue weighted by Gasteiger charge is 2.12. The molecule has 0 radical (unpaired) electrons. The first kappa shape index (κ1) is 15.9. The predicted octanol–water partition coefficient (Wildman–Crippen LogP) is 4.94. The third-order valence-electron chi connectivity index (χ3n) is 3.54. The van der Waals surface area contributed by atoms with Crippen molar-refractivity contribution in [3.05, 3.63) is 63.6 Å². The second-order valence-corrected chi connectivity index (χ2v) is 5.93. The number of fused-ring (bicyclic) bond motifs is 1. The largest absolute Gasteiger partial charge is 0.454 e. The standard InChI is InChI=1S/C18H14Cl2O3/c19-15-2-1-3-16(20)14(15)8-7-13(21)6-4-12-5-9-17-18(10-12)23-11-22-17/h1-6,9-10H,7-8,11H2/b6-4+. The van der Waals surface area contributed by atoms with Gasteiger partial charge in [-0.15, -0.1) is 0 Å². The molecule has 118 valence electrons. The first-order valence-electron chi connectivity index (χ1n) is 7.17. The third kappa shape index (κ3) is 3.87. The zero-order valence-electron chi connectivity index (χ0n) is 12.2. The molecular formula is C18H14Cl2O3. The van der Waals surface area contributed by atoms with Gasteiger partial charge in [0.2, 0.25) is 6.79 Å². The fourth-order valence-electron chi connectivity index (χ4n) is 2.31. The minimum Gasteiger partial charge on any atom is -0.454 e. The molecule has 5 heteroatoms. The van der Waals surface area contributed by atoms with Gasteiger partial charge in [-0.3, -0.25) is 4.79 Å². The van der Waals surface area contributed by atoms with Gasteiger partial charge in [0.15, 0.2) is 17.3 Å². The quantitative estimate of drug-likeness (QED) is 0.718. The van der Waals surface area contributed by atoms with E-state index in [-0.39, 0.29) is 12.6 Å². The van der Waals surface area contributed by atoms with E-state index in [1.807, 2.05) is 18.2 Å². The number of benzene rings is 2. The first-order valence-corrected chi connectivity index (χ1v) is 7.92. The highest BCUT2D eigenvalue weighted by molar-refractivity contribution is 6.36.